The standard InChI is InChI=1S/C21H26N2O2S/c1-2-22-14-11-17(12-15-22)19-9-6-10-21-20(19)13-16-23(21)26(24,25)18-7-4-3-5-8-18/h3-10,17H,2,11-16H2,1H3. The summed E-state index contributed by atoms with van der Waals surface area (Å²) >= 11 is 0. The lowest BCUT2D eigenvalue weighted by Gasteiger charge is -2.32. The molecule has 5 heteroatoms. The van der Waals surface area contributed by atoms with Crippen molar-refractivity contribution in [1.29, 1.82) is 0 Å². The molecule has 2 aliphatic heterocycles. The number of hydrogen-bond donors (Lipinski definition) is 0. The highest BCUT2D eigenvalue weighted by Crippen LogP contribution is 2.40. The molecule has 4 nitrogen and oxygen atoms in total. The summed E-state index contributed by atoms with van der Waals surface area (Å²) in [5.74, 6) is 0.548. The maximum atomic E-state index is 13.1. The highest BCUT2D eigenvalue weighted by molar-refractivity contribution is 7.92. The third-order valence-electron chi connectivity index (χ3n) is 5.83. The number of piperidine rings is 1. The van der Waals surface area contributed by atoms with Crippen LogP contribution >= 0.6 is 0 Å². The van der Waals surface area contributed by atoms with Crippen molar-refractivity contribution < 1.29 is 8.42 Å². The molecule has 0 atom stereocenters. The fourth-order valence-electron chi connectivity index (χ4n) is 4.34. The summed E-state index contributed by atoms with van der Waals surface area (Å²) in [7, 11) is -3.49. The maximum Gasteiger partial charge on any atom is 0.264 e. The van der Waals surface area contributed by atoms with E-state index in [0.29, 0.717) is 17.4 Å². The van der Waals surface area contributed by atoms with Crippen molar-refractivity contribution in [3.05, 3.63) is 59.7 Å². The van der Waals surface area contributed by atoms with Gasteiger partial charge in [0, 0.05) is 6.54 Å². The average Bonchev–Trinajstić information content (AvgIpc) is 3.14. The van der Waals surface area contributed by atoms with Gasteiger partial charge in [0.2, 0.25) is 0 Å². The van der Waals surface area contributed by atoms with Gasteiger partial charge in [-0.05, 0) is 74.1 Å². The largest absolute Gasteiger partial charge is 0.304 e. The van der Waals surface area contributed by atoms with Crippen molar-refractivity contribution >= 4 is 15.7 Å². The van der Waals surface area contributed by atoms with E-state index in [9.17, 15) is 8.42 Å². The first-order valence-corrected chi connectivity index (χ1v) is 11.0. The third kappa shape index (κ3) is 3.03. The molecule has 0 aliphatic carbocycles. The minimum atomic E-state index is -3.49. The Morgan fingerprint density at radius 1 is 0.962 bits per heavy atom. The van der Waals surface area contributed by atoms with Crippen LogP contribution in [0.3, 0.4) is 0 Å². The summed E-state index contributed by atoms with van der Waals surface area (Å²) in [5.41, 5.74) is 3.48. The van der Waals surface area contributed by atoms with Crippen molar-refractivity contribution in [3.63, 3.8) is 0 Å². The van der Waals surface area contributed by atoms with Gasteiger partial charge in [-0.3, -0.25) is 4.31 Å². The molecule has 0 radical (unpaired) electrons. The smallest absolute Gasteiger partial charge is 0.264 e. The quantitative estimate of drug-likeness (QED) is 0.825. The fourth-order valence-corrected chi connectivity index (χ4v) is 5.86. The minimum absolute atomic E-state index is 0.370. The van der Waals surface area contributed by atoms with Gasteiger partial charge in [-0.25, -0.2) is 8.42 Å². The molecule has 2 heterocycles. The van der Waals surface area contributed by atoms with Gasteiger partial charge in [-0.15, -0.1) is 0 Å². The van der Waals surface area contributed by atoms with Crippen molar-refractivity contribution in [3.8, 4) is 0 Å². The average molecular weight is 371 g/mol. The van der Waals surface area contributed by atoms with E-state index in [1.807, 2.05) is 18.2 Å². The number of likely N-dealkylation sites (tertiary alicyclic amines) is 1. The highest BCUT2D eigenvalue weighted by Gasteiger charge is 2.33. The van der Waals surface area contributed by atoms with Gasteiger partial charge < -0.3 is 4.90 Å². The van der Waals surface area contributed by atoms with E-state index < -0.39 is 10.0 Å². The van der Waals surface area contributed by atoms with Crippen LogP contribution in [0.15, 0.2) is 53.4 Å². The zero-order valence-electron chi connectivity index (χ0n) is 15.3. The van der Waals surface area contributed by atoms with Gasteiger partial charge in [-0.2, -0.15) is 0 Å². The molecule has 0 saturated carbocycles. The van der Waals surface area contributed by atoms with Gasteiger partial charge in [0.05, 0.1) is 10.6 Å². The molecule has 0 bridgehead atoms. The molecule has 4 rings (SSSR count). The second-order valence-corrected chi connectivity index (χ2v) is 9.06. The summed E-state index contributed by atoms with van der Waals surface area (Å²) < 4.78 is 27.8. The number of benzene rings is 2. The maximum absolute atomic E-state index is 13.1. The van der Waals surface area contributed by atoms with E-state index in [0.717, 1.165) is 44.6 Å². The van der Waals surface area contributed by atoms with E-state index in [1.54, 1.807) is 28.6 Å². The molecule has 1 saturated heterocycles. The predicted molar refractivity (Wildman–Crippen MR) is 105 cm³/mol. The number of rotatable bonds is 4. The van der Waals surface area contributed by atoms with Crippen molar-refractivity contribution in [2.75, 3.05) is 30.5 Å². The van der Waals surface area contributed by atoms with Crippen LogP contribution in [0.25, 0.3) is 0 Å². The molecule has 2 aromatic carbocycles. The molecule has 26 heavy (non-hydrogen) atoms. The summed E-state index contributed by atoms with van der Waals surface area (Å²) in [4.78, 5) is 2.86. The Morgan fingerprint density at radius 2 is 1.69 bits per heavy atom. The summed E-state index contributed by atoms with van der Waals surface area (Å²) in [5, 5.41) is 0. The van der Waals surface area contributed by atoms with Crippen LogP contribution in [0.2, 0.25) is 0 Å². The molecule has 0 N–H and O–H groups in total. The van der Waals surface area contributed by atoms with Gasteiger partial charge >= 0.3 is 0 Å². The van der Waals surface area contributed by atoms with Gasteiger partial charge in [0.15, 0.2) is 0 Å². The lowest BCUT2D eigenvalue weighted by molar-refractivity contribution is 0.222. The Hall–Kier alpha value is -1.85. The molecular formula is C21H26N2O2S. The monoisotopic (exact) mass is 370 g/mol. The van der Waals surface area contributed by atoms with Gasteiger partial charge in [0.25, 0.3) is 10.0 Å². The van der Waals surface area contributed by atoms with E-state index in [1.165, 1.54) is 11.1 Å². The van der Waals surface area contributed by atoms with E-state index >= 15 is 0 Å². The third-order valence-corrected chi connectivity index (χ3v) is 7.65. The molecule has 0 spiro atoms. The van der Waals surface area contributed by atoms with Crippen LogP contribution in [-0.4, -0.2) is 39.5 Å². The molecular weight excluding hydrogens is 344 g/mol. The Bertz CT molecular complexity index is 872. The lowest BCUT2D eigenvalue weighted by Crippen LogP contribution is -2.32. The van der Waals surface area contributed by atoms with Crippen LogP contribution in [0.5, 0.6) is 0 Å². The van der Waals surface area contributed by atoms with Crippen molar-refractivity contribution in [1.82, 2.24) is 4.90 Å². The zero-order chi connectivity index (χ0) is 18.1. The van der Waals surface area contributed by atoms with Crippen LogP contribution in [-0.2, 0) is 16.4 Å². The molecule has 2 aromatic rings. The fraction of sp³-hybridized carbons (Fsp3) is 0.429. The molecule has 138 valence electrons. The van der Waals surface area contributed by atoms with E-state index in [2.05, 4.69) is 17.9 Å². The second-order valence-electron chi connectivity index (χ2n) is 7.19. The molecule has 0 aromatic heterocycles. The first-order chi connectivity index (χ1) is 12.6. The number of nitrogens with zero attached hydrogens (tertiary/aromatic N) is 2. The van der Waals surface area contributed by atoms with Gasteiger partial charge in [0.1, 0.15) is 0 Å². The topological polar surface area (TPSA) is 40.6 Å². The van der Waals surface area contributed by atoms with Crippen LogP contribution < -0.4 is 4.31 Å². The normalized spacial score (nSPS) is 18.9. The first-order valence-electron chi connectivity index (χ1n) is 9.53. The Labute approximate surface area is 156 Å². The highest BCUT2D eigenvalue weighted by atomic mass is 32.2. The van der Waals surface area contributed by atoms with Gasteiger partial charge in [-0.1, -0.05) is 37.3 Å². The number of hydrogen-bond acceptors (Lipinski definition) is 3. The van der Waals surface area contributed by atoms with Crippen molar-refractivity contribution in [2.24, 2.45) is 0 Å². The Morgan fingerprint density at radius 3 is 2.38 bits per heavy atom. The zero-order valence-corrected chi connectivity index (χ0v) is 16.1. The number of fused-ring (bicyclic) bond motifs is 1. The Balaban J connectivity index is 1.65. The molecule has 1 fully saturated rings. The summed E-state index contributed by atoms with van der Waals surface area (Å²) in [6, 6.07) is 15.0. The second kappa shape index (κ2) is 7.05. The summed E-state index contributed by atoms with van der Waals surface area (Å²) in [6.45, 7) is 6.14. The molecule has 0 unspecified atom stereocenters. The van der Waals surface area contributed by atoms with Crippen LogP contribution in [0.4, 0.5) is 5.69 Å². The minimum Gasteiger partial charge on any atom is -0.304 e. The summed E-state index contributed by atoms with van der Waals surface area (Å²) in [6.07, 6.45) is 3.14. The van der Waals surface area contributed by atoms with Crippen LogP contribution in [0, 0.1) is 0 Å². The predicted octanol–water partition coefficient (Wildman–Crippen LogP) is 3.64. The first kappa shape index (κ1) is 17.6. The molecule has 2 aliphatic rings. The SMILES string of the molecule is CCN1CCC(c2cccc3c2CCN3S(=O)(=O)c2ccccc2)CC1. The number of anilines is 1. The van der Waals surface area contributed by atoms with Crippen molar-refractivity contribution in [2.45, 2.75) is 37.0 Å². The van der Waals surface area contributed by atoms with E-state index in [-0.39, 0.29) is 0 Å². The van der Waals surface area contributed by atoms with Crippen LogP contribution in [0.1, 0.15) is 36.8 Å². The molecule has 0 amide bonds. The Kier molecular flexibility index (Phi) is 4.76. The van der Waals surface area contributed by atoms with E-state index in [4.69, 9.17) is 0 Å². The number of sulfonamides is 1. The lowest BCUT2D eigenvalue weighted by atomic mass is 9.86.